The van der Waals surface area contributed by atoms with Gasteiger partial charge in [0, 0.05) is 32.5 Å². The summed E-state index contributed by atoms with van der Waals surface area (Å²) < 4.78 is 9.09. The Morgan fingerprint density at radius 2 is 1.68 bits per heavy atom. The van der Waals surface area contributed by atoms with E-state index in [4.69, 9.17) is 9.68 Å². The van der Waals surface area contributed by atoms with Crippen molar-refractivity contribution in [2.24, 2.45) is 0 Å². The molecule has 0 radical (unpaired) electrons. The molecule has 0 amide bonds. The quantitative estimate of drug-likeness (QED) is 0.345. The van der Waals surface area contributed by atoms with Crippen molar-refractivity contribution in [3.8, 4) is 11.8 Å². The topological polar surface area (TPSA) is 41.9 Å². The molecule has 0 spiro atoms. The molecule has 0 fully saturated rings. The molecule has 2 heterocycles. The third-order valence-electron chi connectivity index (χ3n) is 4.51. The van der Waals surface area contributed by atoms with Crippen LogP contribution in [0.25, 0.3) is 38.5 Å². The largest absolute Gasteiger partial charge is 0.456 e. The van der Waals surface area contributed by atoms with Gasteiger partial charge in [0.05, 0.1) is 17.1 Å². The van der Waals surface area contributed by atoms with Crippen LogP contribution in [0.5, 0.6) is 0 Å². The van der Waals surface area contributed by atoms with Gasteiger partial charge >= 0.3 is 0 Å². The van der Waals surface area contributed by atoms with Gasteiger partial charge in [0.2, 0.25) is 0 Å². The Bertz CT molecular complexity index is 1320. The molecule has 0 aliphatic carbocycles. The molecule has 0 N–H and O–H groups in total. The monoisotopic (exact) mass is 386 g/mol. The summed E-state index contributed by atoms with van der Waals surface area (Å²) in [5.41, 5.74) is 4.57. The van der Waals surface area contributed by atoms with Crippen molar-refractivity contribution in [3.63, 3.8) is 0 Å². The van der Waals surface area contributed by atoms with E-state index in [0.29, 0.717) is 5.56 Å². The zero-order valence-corrected chi connectivity index (χ0v) is 14.6. The van der Waals surface area contributed by atoms with Gasteiger partial charge in [0.15, 0.2) is 0 Å². The summed E-state index contributed by atoms with van der Waals surface area (Å²) in [7, 11) is 0. The number of nitriles is 1. The van der Waals surface area contributed by atoms with Gasteiger partial charge in [-0.15, -0.1) is 0 Å². The molecule has 0 bridgehead atoms. The fraction of sp³-hybridized carbons (Fsp3) is 0. The van der Waals surface area contributed by atoms with Crippen LogP contribution in [-0.4, -0.2) is 4.57 Å². The number of fused-ring (bicyclic) bond motifs is 4. The number of benzene rings is 3. The van der Waals surface area contributed by atoms with Crippen LogP contribution >= 0.6 is 15.9 Å². The van der Waals surface area contributed by atoms with Gasteiger partial charge in [-0.25, -0.2) is 0 Å². The van der Waals surface area contributed by atoms with Crippen molar-refractivity contribution in [2.75, 3.05) is 0 Å². The number of rotatable bonds is 1. The molecule has 5 aromatic rings. The van der Waals surface area contributed by atoms with Gasteiger partial charge < -0.3 is 8.98 Å². The maximum absolute atomic E-state index is 9.07. The molecule has 25 heavy (non-hydrogen) atoms. The highest BCUT2D eigenvalue weighted by molar-refractivity contribution is 9.10. The van der Waals surface area contributed by atoms with Crippen molar-refractivity contribution >= 4 is 48.8 Å². The minimum absolute atomic E-state index is 0.673. The second-order valence-electron chi connectivity index (χ2n) is 5.99. The van der Waals surface area contributed by atoms with Crippen molar-refractivity contribution in [1.29, 1.82) is 5.26 Å². The summed E-state index contributed by atoms with van der Waals surface area (Å²) in [5, 5.41) is 12.3. The summed E-state index contributed by atoms with van der Waals surface area (Å²) >= 11 is 3.53. The Kier molecular flexibility index (Phi) is 3.00. The van der Waals surface area contributed by atoms with E-state index >= 15 is 0 Å². The van der Waals surface area contributed by atoms with Crippen molar-refractivity contribution < 1.29 is 4.42 Å². The zero-order chi connectivity index (χ0) is 17.0. The van der Waals surface area contributed by atoms with E-state index in [1.54, 1.807) is 0 Å². The highest BCUT2D eigenvalue weighted by Gasteiger charge is 2.10. The van der Waals surface area contributed by atoms with E-state index in [1.807, 2.05) is 48.7 Å². The van der Waals surface area contributed by atoms with Crippen LogP contribution in [0.15, 0.2) is 75.8 Å². The molecule has 0 unspecified atom stereocenters. The van der Waals surface area contributed by atoms with Gasteiger partial charge in [0.25, 0.3) is 0 Å². The summed E-state index contributed by atoms with van der Waals surface area (Å²) in [4.78, 5) is 0. The SMILES string of the molecule is N#Cc1ccc2c(ccn2-c2ccc3oc4ccc(Br)cc4c3c2)c1. The molecule has 5 rings (SSSR count). The van der Waals surface area contributed by atoms with Gasteiger partial charge in [0.1, 0.15) is 11.2 Å². The molecule has 0 atom stereocenters. The molecule has 0 saturated heterocycles. The summed E-state index contributed by atoms with van der Waals surface area (Å²) in [6.45, 7) is 0. The Balaban J connectivity index is 1.77. The third-order valence-corrected chi connectivity index (χ3v) is 5.01. The molecule has 0 aliphatic rings. The van der Waals surface area contributed by atoms with E-state index in [9.17, 15) is 0 Å². The molecular formula is C21H11BrN2O. The smallest absolute Gasteiger partial charge is 0.135 e. The van der Waals surface area contributed by atoms with E-state index in [2.05, 4.69) is 44.8 Å². The lowest BCUT2D eigenvalue weighted by Gasteiger charge is -2.06. The van der Waals surface area contributed by atoms with Gasteiger partial charge in [-0.2, -0.15) is 5.26 Å². The van der Waals surface area contributed by atoms with Crippen LogP contribution in [-0.2, 0) is 0 Å². The maximum Gasteiger partial charge on any atom is 0.135 e. The summed E-state index contributed by atoms with van der Waals surface area (Å²) in [6, 6.07) is 22.2. The predicted octanol–water partition coefficient (Wildman–Crippen LogP) is 6.16. The molecule has 0 saturated carbocycles. The van der Waals surface area contributed by atoms with Gasteiger partial charge in [-0.3, -0.25) is 0 Å². The summed E-state index contributed by atoms with van der Waals surface area (Å²) in [5.74, 6) is 0. The maximum atomic E-state index is 9.07. The molecule has 118 valence electrons. The summed E-state index contributed by atoms with van der Waals surface area (Å²) in [6.07, 6.45) is 2.03. The van der Waals surface area contributed by atoms with Crippen molar-refractivity contribution in [2.45, 2.75) is 0 Å². The minimum atomic E-state index is 0.673. The minimum Gasteiger partial charge on any atom is -0.456 e. The zero-order valence-electron chi connectivity index (χ0n) is 13.0. The fourth-order valence-electron chi connectivity index (χ4n) is 3.32. The normalized spacial score (nSPS) is 11.4. The lowest BCUT2D eigenvalue weighted by atomic mass is 10.1. The van der Waals surface area contributed by atoms with Crippen LogP contribution in [0.1, 0.15) is 5.56 Å². The standard InChI is InChI=1S/C21H11BrN2O/c22-15-2-5-20-17(10-15)18-11-16(3-6-21(18)25-20)24-8-7-14-9-13(12-23)1-4-19(14)24/h1-11H. The predicted molar refractivity (Wildman–Crippen MR) is 103 cm³/mol. The van der Waals surface area contributed by atoms with Crippen LogP contribution in [0, 0.1) is 11.3 Å². The van der Waals surface area contributed by atoms with Gasteiger partial charge in [-0.05, 0) is 60.7 Å². The van der Waals surface area contributed by atoms with Crippen LogP contribution in [0.4, 0.5) is 0 Å². The van der Waals surface area contributed by atoms with E-state index in [0.717, 1.165) is 43.0 Å². The number of hydrogen-bond donors (Lipinski definition) is 0. The van der Waals surface area contributed by atoms with E-state index in [-0.39, 0.29) is 0 Å². The van der Waals surface area contributed by atoms with E-state index in [1.165, 1.54) is 0 Å². The average Bonchev–Trinajstić information content (AvgIpc) is 3.21. The first-order chi connectivity index (χ1) is 12.2. The van der Waals surface area contributed by atoms with Gasteiger partial charge in [-0.1, -0.05) is 15.9 Å². The van der Waals surface area contributed by atoms with Crippen molar-refractivity contribution in [1.82, 2.24) is 4.57 Å². The Morgan fingerprint density at radius 1 is 0.880 bits per heavy atom. The first-order valence-electron chi connectivity index (χ1n) is 7.86. The van der Waals surface area contributed by atoms with Crippen LogP contribution in [0.3, 0.4) is 0 Å². The fourth-order valence-corrected chi connectivity index (χ4v) is 3.69. The van der Waals surface area contributed by atoms with Crippen LogP contribution in [0.2, 0.25) is 0 Å². The van der Waals surface area contributed by atoms with Crippen molar-refractivity contribution in [3.05, 3.63) is 76.9 Å². The lowest BCUT2D eigenvalue weighted by Crippen LogP contribution is -1.91. The second-order valence-corrected chi connectivity index (χ2v) is 6.91. The Labute approximate surface area is 151 Å². The first-order valence-corrected chi connectivity index (χ1v) is 8.66. The number of halogens is 1. The number of hydrogen-bond acceptors (Lipinski definition) is 2. The van der Waals surface area contributed by atoms with Crippen LogP contribution < -0.4 is 0 Å². The molecule has 2 aromatic heterocycles. The first kappa shape index (κ1) is 14.3. The highest BCUT2D eigenvalue weighted by atomic mass is 79.9. The molecule has 4 heteroatoms. The molecule has 3 aromatic carbocycles. The number of nitrogens with zero attached hydrogens (tertiary/aromatic N) is 2. The lowest BCUT2D eigenvalue weighted by molar-refractivity contribution is 0.669. The third kappa shape index (κ3) is 2.17. The molecular weight excluding hydrogens is 376 g/mol. The number of furan rings is 1. The number of aromatic nitrogens is 1. The average molecular weight is 387 g/mol. The highest BCUT2D eigenvalue weighted by Crippen LogP contribution is 2.33. The Hall–Kier alpha value is -3.03. The second kappa shape index (κ2) is 5.23. The van der Waals surface area contributed by atoms with E-state index < -0.39 is 0 Å². The molecule has 0 aliphatic heterocycles. The molecule has 3 nitrogen and oxygen atoms in total. The Morgan fingerprint density at radius 3 is 2.52 bits per heavy atom.